The normalized spacial score (nSPS) is 14.8. The van der Waals surface area contributed by atoms with Crippen LogP contribution in [-0.4, -0.2) is 26.8 Å². The van der Waals surface area contributed by atoms with E-state index < -0.39 is 22.0 Å². The molecule has 0 spiro atoms. The molecule has 0 bridgehead atoms. The lowest BCUT2D eigenvalue weighted by Crippen LogP contribution is -2.27. The molecule has 1 atom stereocenters. The van der Waals surface area contributed by atoms with Gasteiger partial charge in [0.2, 0.25) is 15.9 Å². The van der Waals surface area contributed by atoms with Crippen LogP contribution >= 0.6 is 0 Å². The summed E-state index contributed by atoms with van der Waals surface area (Å²) >= 11 is 0. The molecule has 1 aliphatic rings. The van der Waals surface area contributed by atoms with E-state index in [0.717, 1.165) is 12.0 Å². The van der Waals surface area contributed by atoms with Gasteiger partial charge in [-0.2, -0.15) is 0 Å². The van der Waals surface area contributed by atoms with E-state index >= 15 is 0 Å². The molecule has 4 rings (SSSR count). The molecule has 2 N–H and O–H groups in total. The van der Waals surface area contributed by atoms with Crippen LogP contribution in [0.5, 0.6) is 0 Å². The van der Waals surface area contributed by atoms with Crippen LogP contribution in [0, 0.1) is 0 Å². The fraction of sp³-hybridized carbons (Fsp3) is 0.200. The molecule has 3 aromatic carbocycles. The lowest BCUT2D eigenvalue weighted by Gasteiger charge is -2.20. The molecule has 1 saturated heterocycles. The van der Waals surface area contributed by atoms with Gasteiger partial charge in [0.1, 0.15) is 0 Å². The first kappa shape index (κ1) is 22.7. The van der Waals surface area contributed by atoms with Gasteiger partial charge in [-0.1, -0.05) is 48.5 Å². The van der Waals surface area contributed by atoms with E-state index in [4.69, 9.17) is 0 Å². The van der Waals surface area contributed by atoms with Crippen LogP contribution in [0.1, 0.15) is 41.7 Å². The van der Waals surface area contributed by atoms with Gasteiger partial charge in [-0.25, -0.2) is 13.1 Å². The number of carbonyl (C=O) groups excluding carboxylic acids is 2. The molecule has 7 nitrogen and oxygen atoms in total. The Balaban J connectivity index is 1.54. The molecule has 0 aromatic heterocycles. The van der Waals surface area contributed by atoms with Gasteiger partial charge in [-0.05, 0) is 49.2 Å². The second-order valence-electron chi connectivity index (χ2n) is 7.90. The summed E-state index contributed by atoms with van der Waals surface area (Å²) in [7, 11) is -3.85. The molecule has 0 unspecified atom stereocenters. The van der Waals surface area contributed by atoms with Gasteiger partial charge in [-0.3, -0.25) is 9.59 Å². The van der Waals surface area contributed by atoms with E-state index in [1.165, 1.54) is 18.2 Å². The maximum atomic E-state index is 13.0. The number of anilines is 2. The topological polar surface area (TPSA) is 95.6 Å². The smallest absolute Gasteiger partial charge is 0.255 e. The number of amides is 2. The van der Waals surface area contributed by atoms with Crippen LogP contribution in [0.15, 0.2) is 83.8 Å². The van der Waals surface area contributed by atoms with Crippen LogP contribution in [0.3, 0.4) is 0 Å². The highest BCUT2D eigenvalue weighted by molar-refractivity contribution is 7.89. The zero-order valence-electron chi connectivity index (χ0n) is 18.2. The fourth-order valence-electron chi connectivity index (χ4n) is 3.83. The summed E-state index contributed by atoms with van der Waals surface area (Å²) in [5.74, 6) is -0.439. The highest BCUT2D eigenvalue weighted by atomic mass is 32.2. The second kappa shape index (κ2) is 9.56. The average molecular weight is 464 g/mol. The monoisotopic (exact) mass is 463 g/mol. The average Bonchev–Trinajstić information content (AvgIpc) is 3.25. The van der Waals surface area contributed by atoms with E-state index in [1.807, 2.05) is 36.4 Å². The van der Waals surface area contributed by atoms with Crippen molar-refractivity contribution in [3.8, 4) is 0 Å². The van der Waals surface area contributed by atoms with Crippen LogP contribution in [0.2, 0.25) is 0 Å². The number of hydrogen-bond acceptors (Lipinski definition) is 4. The lowest BCUT2D eigenvalue weighted by atomic mass is 10.1. The number of hydrogen-bond donors (Lipinski definition) is 2. The quantitative estimate of drug-likeness (QED) is 0.551. The number of nitrogens with one attached hydrogen (secondary N) is 2. The van der Waals surface area contributed by atoms with Crippen molar-refractivity contribution < 1.29 is 18.0 Å². The number of sulfonamides is 1. The molecule has 1 aliphatic heterocycles. The van der Waals surface area contributed by atoms with Crippen molar-refractivity contribution in [1.29, 1.82) is 0 Å². The number of para-hydroxylation sites is 2. The molecular formula is C25H25N3O4S. The molecule has 3 aromatic rings. The highest BCUT2D eigenvalue weighted by Crippen LogP contribution is 2.30. The SMILES string of the molecule is C[C@@H](NS(=O)(=O)c1cccc(C(=O)Nc2ccccc2N2CCCC2=O)c1)c1ccccc1. The molecule has 33 heavy (non-hydrogen) atoms. The van der Waals surface area contributed by atoms with Crippen LogP contribution in [-0.2, 0) is 14.8 Å². The van der Waals surface area contributed by atoms with E-state index in [2.05, 4.69) is 10.0 Å². The number of carbonyl (C=O) groups is 2. The summed E-state index contributed by atoms with van der Waals surface area (Å²) in [4.78, 5) is 26.8. The van der Waals surface area contributed by atoms with Gasteiger partial charge in [0.15, 0.2) is 0 Å². The Kier molecular flexibility index (Phi) is 6.57. The summed E-state index contributed by atoms with van der Waals surface area (Å²) in [6.45, 7) is 2.37. The Morgan fingerprint density at radius 3 is 2.42 bits per heavy atom. The summed E-state index contributed by atoms with van der Waals surface area (Å²) in [5, 5.41) is 2.82. The minimum Gasteiger partial charge on any atom is -0.320 e. The maximum Gasteiger partial charge on any atom is 0.255 e. The van der Waals surface area contributed by atoms with Gasteiger partial charge in [0, 0.05) is 24.6 Å². The number of nitrogens with zero attached hydrogens (tertiary/aromatic N) is 1. The molecule has 0 saturated carbocycles. The van der Waals surface area contributed by atoms with Crippen molar-refractivity contribution in [2.45, 2.75) is 30.7 Å². The third-order valence-electron chi connectivity index (χ3n) is 5.55. The fourth-order valence-corrected chi connectivity index (χ4v) is 5.10. The number of rotatable bonds is 7. The molecule has 2 amide bonds. The first-order valence-electron chi connectivity index (χ1n) is 10.7. The zero-order chi connectivity index (χ0) is 23.4. The largest absolute Gasteiger partial charge is 0.320 e. The zero-order valence-corrected chi connectivity index (χ0v) is 19.0. The van der Waals surface area contributed by atoms with Gasteiger partial charge in [0.05, 0.1) is 16.3 Å². The van der Waals surface area contributed by atoms with Gasteiger partial charge < -0.3 is 10.2 Å². The Hall–Kier alpha value is -3.49. The Morgan fingerprint density at radius 2 is 1.70 bits per heavy atom. The first-order valence-corrected chi connectivity index (χ1v) is 12.2. The van der Waals surface area contributed by atoms with Crippen molar-refractivity contribution in [2.75, 3.05) is 16.8 Å². The maximum absolute atomic E-state index is 13.0. The third kappa shape index (κ3) is 5.13. The molecule has 170 valence electrons. The van der Waals surface area contributed by atoms with Crippen molar-refractivity contribution in [3.05, 3.63) is 90.0 Å². The van der Waals surface area contributed by atoms with E-state index in [-0.39, 0.29) is 16.4 Å². The van der Waals surface area contributed by atoms with Crippen molar-refractivity contribution >= 4 is 33.2 Å². The van der Waals surface area contributed by atoms with Gasteiger partial charge >= 0.3 is 0 Å². The predicted molar refractivity (Wildman–Crippen MR) is 128 cm³/mol. The summed E-state index contributed by atoms with van der Waals surface area (Å²) in [6.07, 6.45) is 1.26. The Morgan fingerprint density at radius 1 is 0.970 bits per heavy atom. The molecule has 8 heteroatoms. The molecule has 0 aliphatic carbocycles. The highest BCUT2D eigenvalue weighted by Gasteiger charge is 2.25. The second-order valence-corrected chi connectivity index (χ2v) is 9.62. The Labute approximate surface area is 193 Å². The van der Waals surface area contributed by atoms with E-state index in [1.54, 1.807) is 36.1 Å². The Bertz CT molecular complexity index is 1280. The summed E-state index contributed by atoms with van der Waals surface area (Å²) in [6, 6.07) is 21.8. The van der Waals surface area contributed by atoms with E-state index in [0.29, 0.717) is 24.3 Å². The number of benzene rings is 3. The van der Waals surface area contributed by atoms with Crippen LogP contribution in [0.4, 0.5) is 11.4 Å². The molecule has 1 fully saturated rings. The van der Waals surface area contributed by atoms with Gasteiger partial charge in [0.25, 0.3) is 5.91 Å². The molecule has 0 radical (unpaired) electrons. The standard InChI is InChI=1S/C25H25N3O4S/c1-18(19-9-3-2-4-10-19)27-33(31,32)21-12-7-11-20(17-21)25(30)26-22-13-5-6-14-23(22)28-16-8-15-24(28)29/h2-7,9-14,17-18,27H,8,15-16H2,1H3,(H,26,30)/t18-/m1/s1. The first-order chi connectivity index (χ1) is 15.8. The van der Waals surface area contributed by atoms with Crippen molar-refractivity contribution in [1.82, 2.24) is 4.72 Å². The summed E-state index contributed by atoms with van der Waals surface area (Å²) < 4.78 is 28.5. The minimum atomic E-state index is -3.85. The predicted octanol–water partition coefficient (Wildman–Crippen LogP) is 4.11. The van der Waals surface area contributed by atoms with Crippen LogP contribution in [0.25, 0.3) is 0 Å². The van der Waals surface area contributed by atoms with E-state index in [9.17, 15) is 18.0 Å². The van der Waals surface area contributed by atoms with Gasteiger partial charge in [-0.15, -0.1) is 0 Å². The van der Waals surface area contributed by atoms with Crippen molar-refractivity contribution in [2.24, 2.45) is 0 Å². The lowest BCUT2D eigenvalue weighted by molar-refractivity contribution is -0.117. The molecular weight excluding hydrogens is 438 g/mol. The summed E-state index contributed by atoms with van der Waals surface area (Å²) in [5.41, 5.74) is 2.17. The van der Waals surface area contributed by atoms with Crippen molar-refractivity contribution in [3.63, 3.8) is 0 Å². The third-order valence-corrected chi connectivity index (χ3v) is 7.09. The minimum absolute atomic E-state index is 0.000868. The van der Waals surface area contributed by atoms with Crippen LogP contribution < -0.4 is 14.9 Å². The molecule has 1 heterocycles.